The molecule has 0 spiro atoms. The second-order valence-corrected chi connectivity index (χ2v) is 10.8. The molecule has 1 aromatic carbocycles. The number of methoxy groups -OCH3 is 1. The molecule has 3 aromatic rings. The quantitative estimate of drug-likeness (QED) is 0.447. The van der Waals surface area contributed by atoms with Crippen LogP contribution in [0.4, 0.5) is 25.3 Å². The molecule has 42 heavy (non-hydrogen) atoms. The summed E-state index contributed by atoms with van der Waals surface area (Å²) in [6.07, 6.45) is -1.88. The number of alkyl halides is 2. The van der Waals surface area contributed by atoms with Crippen LogP contribution in [0.3, 0.4) is 0 Å². The molecule has 0 radical (unpaired) electrons. The van der Waals surface area contributed by atoms with Crippen molar-refractivity contribution in [2.45, 2.75) is 19.3 Å². The highest BCUT2D eigenvalue weighted by molar-refractivity contribution is 5.80. The highest BCUT2D eigenvalue weighted by Crippen LogP contribution is 2.30. The summed E-state index contributed by atoms with van der Waals surface area (Å²) in [5, 5.41) is 3.36. The SMILES string of the molecule is COC(=O)N1CCC(C(=O)N2CC(CNc3cc(-n4c(C(F)F)nc5ccccc54)nc(N4CCOCC4)n3)C2)CC1. The molecular formula is C28H34F2N8O4. The number of fused-ring (bicyclic) bond motifs is 1. The first-order chi connectivity index (χ1) is 20.4. The van der Waals surface area contributed by atoms with Crippen LogP contribution in [-0.2, 0) is 14.3 Å². The van der Waals surface area contributed by atoms with Crippen molar-refractivity contribution in [3.05, 3.63) is 36.2 Å². The zero-order chi connectivity index (χ0) is 29.2. The Morgan fingerprint density at radius 3 is 2.50 bits per heavy atom. The number of hydrogen-bond donors (Lipinski definition) is 1. The van der Waals surface area contributed by atoms with Gasteiger partial charge in [-0.1, -0.05) is 12.1 Å². The van der Waals surface area contributed by atoms with Crippen LogP contribution >= 0.6 is 0 Å². The minimum atomic E-state index is -2.79. The Balaban J connectivity index is 1.15. The number of ether oxygens (including phenoxy) is 2. The Bertz CT molecular complexity index is 1430. The van der Waals surface area contributed by atoms with Crippen LogP contribution in [0.5, 0.6) is 0 Å². The zero-order valence-electron chi connectivity index (χ0n) is 23.4. The number of imidazole rings is 1. The van der Waals surface area contributed by atoms with Gasteiger partial charge in [-0.15, -0.1) is 0 Å². The van der Waals surface area contributed by atoms with Crippen LogP contribution in [0.25, 0.3) is 16.9 Å². The Labute approximate surface area is 241 Å². The number of benzene rings is 1. The largest absolute Gasteiger partial charge is 0.453 e. The number of likely N-dealkylation sites (tertiary alicyclic amines) is 2. The molecule has 0 saturated carbocycles. The number of piperidine rings is 1. The molecule has 12 nitrogen and oxygen atoms in total. The third-order valence-corrected chi connectivity index (χ3v) is 8.12. The van der Waals surface area contributed by atoms with E-state index in [2.05, 4.69) is 15.3 Å². The van der Waals surface area contributed by atoms with Gasteiger partial charge in [0.25, 0.3) is 6.43 Å². The lowest BCUT2D eigenvalue weighted by molar-refractivity contribution is -0.143. The fourth-order valence-corrected chi connectivity index (χ4v) is 5.79. The number of anilines is 2. The fourth-order valence-electron chi connectivity index (χ4n) is 5.79. The fraction of sp³-hybridized carbons (Fsp3) is 0.536. The van der Waals surface area contributed by atoms with Crippen molar-refractivity contribution in [3.63, 3.8) is 0 Å². The topological polar surface area (TPSA) is 118 Å². The minimum Gasteiger partial charge on any atom is -0.453 e. The number of hydrogen-bond acceptors (Lipinski definition) is 9. The smallest absolute Gasteiger partial charge is 0.409 e. The summed E-state index contributed by atoms with van der Waals surface area (Å²) in [6, 6.07) is 8.66. The predicted octanol–water partition coefficient (Wildman–Crippen LogP) is 2.94. The van der Waals surface area contributed by atoms with E-state index in [4.69, 9.17) is 14.5 Å². The summed E-state index contributed by atoms with van der Waals surface area (Å²) in [5.41, 5.74) is 1.000. The molecule has 14 heteroatoms. The van der Waals surface area contributed by atoms with Gasteiger partial charge in [0.1, 0.15) is 11.6 Å². The van der Waals surface area contributed by atoms with Crippen molar-refractivity contribution >= 4 is 34.8 Å². The number of morpholine rings is 1. The normalized spacial score (nSPS) is 18.4. The molecule has 0 bridgehead atoms. The second kappa shape index (κ2) is 12.0. The average Bonchev–Trinajstić information content (AvgIpc) is 3.40. The van der Waals surface area contributed by atoms with Gasteiger partial charge >= 0.3 is 6.09 Å². The maximum atomic E-state index is 14.1. The molecule has 2 aromatic heterocycles. The molecule has 0 unspecified atom stereocenters. The molecule has 3 fully saturated rings. The van der Waals surface area contributed by atoms with Crippen molar-refractivity contribution < 1.29 is 27.8 Å². The van der Waals surface area contributed by atoms with E-state index >= 15 is 0 Å². The van der Waals surface area contributed by atoms with Crippen molar-refractivity contribution in [1.29, 1.82) is 0 Å². The van der Waals surface area contributed by atoms with Gasteiger partial charge in [-0.05, 0) is 25.0 Å². The van der Waals surface area contributed by atoms with Gasteiger partial charge in [0.2, 0.25) is 11.9 Å². The predicted molar refractivity (Wildman–Crippen MR) is 150 cm³/mol. The molecular weight excluding hydrogens is 550 g/mol. The summed E-state index contributed by atoms with van der Waals surface area (Å²) >= 11 is 0. The minimum absolute atomic E-state index is 0.0886. The molecule has 6 rings (SSSR count). The molecule has 0 atom stereocenters. The standard InChI is InChI=1S/C28H34F2N8O4/c1-41-28(40)36-8-6-19(7-9-36)26(39)37-16-18(17-37)15-31-22-14-23(34-27(33-22)35-10-12-42-13-11-35)38-21-5-3-2-4-20(21)32-25(38)24(29)30/h2-5,14,18-19,24H,6-13,15-17H2,1H3,(H,31,33,34). The summed E-state index contributed by atoms with van der Waals surface area (Å²) in [7, 11) is 1.36. The molecule has 3 saturated heterocycles. The number of carbonyl (C=O) groups is 2. The van der Waals surface area contributed by atoms with Gasteiger partial charge in [0.15, 0.2) is 5.82 Å². The first kappa shape index (κ1) is 28.1. The Morgan fingerprint density at radius 2 is 1.79 bits per heavy atom. The van der Waals surface area contributed by atoms with Crippen LogP contribution in [0.1, 0.15) is 25.1 Å². The van der Waals surface area contributed by atoms with E-state index in [1.165, 1.54) is 11.7 Å². The van der Waals surface area contributed by atoms with Crippen LogP contribution in [0.15, 0.2) is 30.3 Å². The Morgan fingerprint density at radius 1 is 1.05 bits per heavy atom. The maximum Gasteiger partial charge on any atom is 0.409 e. The lowest BCUT2D eigenvalue weighted by Gasteiger charge is -2.42. The third-order valence-electron chi connectivity index (χ3n) is 8.12. The Kier molecular flexibility index (Phi) is 8.05. The van der Waals surface area contributed by atoms with Crippen LogP contribution in [0.2, 0.25) is 0 Å². The van der Waals surface area contributed by atoms with Gasteiger partial charge in [0.05, 0.1) is 31.4 Å². The number of para-hydroxylation sites is 2. The number of nitrogens with one attached hydrogen (secondary N) is 1. The number of rotatable bonds is 7. The van der Waals surface area contributed by atoms with Gasteiger partial charge < -0.3 is 29.5 Å². The lowest BCUT2D eigenvalue weighted by Crippen LogP contribution is -2.55. The van der Waals surface area contributed by atoms with Crippen molar-refractivity contribution in [2.75, 3.05) is 76.4 Å². The van der Waals surface area contributed by atoms with Gasteiger partial charge in [0, 0.05) is 63.7 Å². The number of nitrogens with zero attached hydrogens (tertiary/aromatic N) is 7. The van der Waals surface area contributed by atoms with E-state index in [0.717, 1.165) is 0 Å². The first-order valence-electron chi connectivity index (χ1n) is 14.2. The molecule has 224 valence electrons. The van der Waals surface area contributed by atoms with Gasteiger partial charge in [-0.2, -0.15) is 9.97 Å². The average molecular weight is 585 g/mol. The molecule has 0 aliphatic carbocycles. The van der Waals surface area contributed by atoms with Crippen molar-refractivity contribution in [1.82, 2.24) is 29.3 Å². The summed E-state index contributed by atoms with van der Waals surface area (Å²) in [5.74, 6) is 1.14. The Hall–Kier alpha value is -4.07. The number of halogens is 2. The van der Waals surface area contributed by atoms with Crippen LogP contribution in [0, 0.1) is 11.8 Å². The maximum absolute atomic E-state index is 14.1. The molecule has 1 N–H and O–H groups in total. The van der Waals surface area contributed by atoms with E-state index in [1.54, 1.807) is 35.2 Å². The lowest BCUT2D eigenvalue weighted by atomic mass is 9.91. The number of carbonyl (C=O) groups excluding carboxylic acids is 2. The van der Waals surface area contributed by atoms with E-state index < -0.39 is 6.43 Å². The van der Waals surface area contributed by atoms with Gasteiger partial charge in [-0.3, -0.25) is 9.36 Å². The third kappa shape index (κ3) is 5.67. The van der Waals surface area contributed by atoms with E-state index in [-0.39, 0.29) is 29.7 Å². The van der Waals surface area contributed by atoms with E-state index in [1.807, 2.05) is 9.80 Å². The number of aromatic nitrogens is 4. The molecule has 5 heterocycles. The monoisotopic (exact) mass is 584 g/mol. The molecule has 2 amide bonds. The zero-order valence-corrected chi connectivity index (χ0v) is 23.4. The molecule has 3 aliphatic heterocycles. The summed E-state index contributed by atoms with van der Waals surface area (Å²) in [6.45, 7) is 5.08. The highest BCUT2D eigenvalue weighted by Gasteiger charge is 2.36. The van der Waals surface area contributed by atoms with Gasteiger partial charge in [-0.25, -0.2) is 18.6 Å². The van der Waals surface area contributed by atoms with E-state index in [0.29, 0.717) is 100 Å². The number of amides is 2. The van der Waals surface area contributed by atoms with Crippen molar-refractivity contribution in [2.24, 2.45) is 11.8 Å². The summed E-state index contributed by atoms with van der Waals surface area (Å²) in [4.78, 5) is 43.8. The highest BCUT2D eigenvalue weighted by atomic mass is 19.3. The first-order valence-corrected chi connectivity index (χ1v) is 14.2. The molecule has 3 aliphatic rings. The van der Waals surface area contributed by atoms with Crippen LogP contribution in [-0.4, -0.2) is 107 Å². The second-order valence-electron chi connectivity index (χ2n) is 10.8. The van der Waals surface area contributed by atoms with Crippen molar-refractivity contribution in [3.8, 4) is 5.82 Å². The van der Waals surface area contributed by atoms with E-state index in [9.17, 15) is 18.4 Å². The van der Waals surface area contributed by atoms with Crippen LogP contribution < -0.4 is 10.2 Å². The summed E-state index contributed by atoms with van der Waals surface area (Å²) < 4.78 is 39.8.